The van der Waals surface area contributed by atoms with Crippen molar-refractivity contribution in [3.63, 3.8) is 0 Å². The number of benzene rings is 1. The minimum atomic E-state index is -0.375. The topological polar surface area (TPSA) is 37.6 Å². The summed E-state index contributed by atoms with van der Waals surface area (Å²) in [5.74, 6) is -0.535. The standard InChI is InChI=1S/C16H15ClFN3OS2/c1-20(2)8-9-21(15(22)12-6-7-13(17)23-12)16-19-14-10(18)4-3-5-11(14)24-16/h3-7H,8-9H2,1-2H3/p+1. The van der Waals surface area contributed by atoms with Crippen LogP contribution in [0.15, 0.2) is 30.3 Å². The molecule has 0 atom stereocenters. The largest absolute Gasteiger partial charge is 0.338 e. The Morgan fingerprint density at radius 1 is 1.29 bits per heavy atom. The van der Waals surface area contributed by atoms with Crippen LogP contribution in [-0.4, -0.2) is 38.1 Å². The number of fused-ring (bicyclic) bond motifs is 1. The first-order valence-electron chi connectivity index (χ1n) is 7.37. The van der Waals surface area contributed by atoms with Crippen LogP contribution >= 0.6 is 34.3 Å². The Balaban J connectivity index is 1.99. The molecule has 0 aliphatic carbocycles. The molecule has 0 saturated heterocycles. The minimum absolute atomic E-state index is 0.160. The summed E-state index contributed by atoms with van der Waals surface area (Å²) < 4.78 is 15.2. The smallest absolute Gasteiger partial charge is 0.270 e. The number of para-hydroxylation sites is 1. The number of hydrogen-bond acceptors (Lipinski definition) is 4. The maximum absolute atomic E-state index is 13.9. The average molecular weight is 385 g/mol. The highest BCUT2D eigenvalue weighted by Gasteiger charge is 2.24. The molecule has 3 aromatic rings. The first-order chi connectivity index (χ1) is 11.5. The number of carbonyl (C=O) groups excluding carboxylic acids is 1. The maximum Gasteiger partial charge on any atom is 0.270 e. The van der Waals surface area contributed by atoms with Gasteiger partial charge in [0.1, 0.15) is 11.3 Å². The quantitative estimate of drug-likeness (QED) is 0.734. The molecule has 2 aromatic heterocycles. The lowest BCUT2D eigenvalue weighted by molar-refractivity contribution is -0.856. The van der Waals surface area contributed by atoms with Gasteiger partial charge in [-0.1, -0.05) is 29.0 Å². The second-order valence-corrected chi connectivity index (χ2v) is 8.32. The molecule has 2 heterocycles. The van der Waals surface area contributed by atoms with Crippen LogP contribution in [0.1, 0.15) is 9.67 Å². The lowest BCUT2D eigenvalue weighted by Crippen LogP contribution is -3.06. The van der Waals surface area contributed by atoms with Gasteiger partial charge in [-0.25, -0.2) is 9.37 Å². The van der Waals surface area contributed by atoms with Gasteiger partial charge in [-0.2, -0.15) is 0 Å². The lowest BCUT2D eigenvalue weighted by Gasteiger charge is -2.19. The zero-order valence-corrected chi connectivity index (χ0v) is 15.6. The van der Waals surface area contributed by atoms with E-state index in [4.69, 9.17) is 11.6 Å². The van der Waals surface area contributed by atoms with Gasteiger partial charge in [0.05, 0.1) is 41.1 Å². The van der Waals surface area contributed by atoms with Gasteiger partial charge in [0, 0.05) is 0 Å². The summed E-state index contributed by atoms with van der Waals surface area (Å²) in [6.07, 6.45) is 0. The Kier molecular flexibility index (Phi) is 5.15. The summed E-state index contributed by atoms with van der Waals surface area (Å²) in [5.41, 5.74) is 0.303. The number of anilines is 1. The second-order valence-electron chi connectivity index (χ2n) is 5.60. The third-order valence-corrected chi connectivity index (χ3v) is 5.72. The summed E-state index contributed by atoms with van der Waals surface area (Å²) in [5, 5.41) is 0.505. The van der Waals surface area contributed by atoms with E-state index in [1.807, 2.05) is 14.1 Å². The number of nitrogens with zero attached hydrogens (tertiary/aromatic N) is 2. The van der Waals surface area contributed by atoms with E-state index in [1.54, 1.807) is 29.2 Å². The molecule has 0 fully saturated rings. The third kappa shape index (κ3) is 3.59. The van der Waals surface area contributed by atoms with Gasteiger partial charge in [-0.15, -0.1) is 11.3 Å². The molecule has 0 aliphatic heterocycles. The maximum atomic E-state index is 13.9. The predicted octanol–water partition coefficient (Wildman–Crippen LogP) is 2.94. The Morgan fingerprint density at radius 3 is 2.71 bits per heavy atom. The number of hydrogen-bond donors (Lipinski definition) is 1. The van der Waals surface area contributed by atoms with E-state index in [0.29, 0.717) is 26.4 Å². The molecule has 3 rings (SSSR count). The van der Waals surface area contributed by atoms with Crippen molar-refractivity contribution in [1.29, 1.82) is 0 Å². The number of aromatic nitrogens is 1. The average Bonchev–Trinajstić information content (AvgIpc) is 3.14. The van der Waals surface area contributed by atoms with E-state index >= 15 is 0 Å². The summed E-state index contributed by atoms with van der Waals surface area (Å²) in [6, 6.07) is 8.24. The van der Waals surface area contributed by atoms with Crippen LogP contribution in [0.25, 0.3) is 10.2 Å². The molecule has 0 unspecified atom stereocenters. The van der Waals surface area contributed by atoms with E-state index in [1.165, 1.54) is 33.6 Å². The number of thiophene rings is 1. The molecule has 126 valence electrons. The number of halogens is 2. The SMILES string of the molecule is C[NH+](C)CCN(C(=O)c1ccc(Cl)s1)c1nc2c(F)cccc2s1. The monoisotopic (exact) mass is 384 g/mol. The highest BCUT2D eigenvalue weighted by Crippen LogP contribution is 2.32. The molecule has 0 bridgehead atoms. The molecular formula is C16H16ClFN3OS2+. The lowest BCUT2D eigenvalue weighted by atomic mass is 10.3. The highest BCUT2D eigenvalue weighted by molar-refractivity contribution is 7.22. The van der Waals surface area contributed by atoms with Crippen LogP contribution in [0.2, 0.25) is 4.34 Å². The molecule has 4 nitrogen and oxygen atoms in total. The molecule has 0 radical (unpaired) electrons. The zero-order valence-electron chi connectivity index (χ0n) is 13.2. The van der Waals surface area contributed by atoms with Gasteiger partial charge < -0.3 is 4.90 Å². The Labute approximate surface area is 152 Å². The molecule has 1 amide bonds. The van der Waals surface area contributed by atoms with Crippen LogP contribution in [0.4, 0.5) is 9.52 Å². The molecule has 24 heavy (non-hydrogen) atoms. The van der Waals surface area contributed by atoms with Gasteiger partial charge in [0.25, 0.3) is 5.91 Å². The number of likely N-dealkylation sites (N-methyl/N-ethyl adjacent to an activating group) is 1. The van der Waals surface area contributed by atoms with E-state index < -0.39 is 0 Å². The van der Waals surface area contributed by atoms with E-state index in [0.717, 1.165) is 11.2 Å². The minimum Gasteiger partial charge on any atom is -0.338 e. The summed E-state index contributed by atoms with van der Waals surface area (Å²) >= 11 is 8.50. The van der Waals surface area contributed by atoms with Gasteiger partial charge in [-0.3, -0.25) is 9.69 Å². The van der Waals surface area contributed by atoms with Crippen LogP contribution in [0, 0.1) is 5.82 Å². The Morgan fingerprint density at radius 2 is 2.08 bits per heavy atom. The predicted molar refractivity (Wildman–Crippen MR) is 98.3 cm³/mol. The van der Waals surface area contributed by atoms with E-state index in [9.17, 15) is 9.18 Å². The second kappa shape index (κ2) is 7.14. The van der Waals surface area contributed by atoms with Crippen molar-refractivity contribution < 1.29 is 14.1 Å². The highest BCUT2D eigenvalue weighted by atomic mass is 35.5. The molecule has 8 heteroatoms. The Hall–Kier alpha value is -1.54. The fourth-order valence-corrected chi connectivity index (χ4v) is 4.20. The zero-order chi connectivity index (χ0) is 17.3. The van der Waals surface area contributed by atoms with Crippen molar-refractivity contribution in [2.24, 2.45) is 0 Å². The molecule has 1 N–H and O–H groups in total. The van der Waals surface area contributed by atoms with Crippen molar-refractivity contribution in [1.82, 2.24) is 4.98 Å². The van der Waals surface area contributed by atoms with Crippen molar-refractivity contribution in [3.05, 3.63) is 45.4 Å². The fraction of sp³-hybridized carbons (Fsp3) is 0.250. The molecule has 0 spiro atoms. The summed E-state index contributed by atoms with van der Waals surface area (Å²) in [6.45, 7) is 1.25. The molecule has 0 aliphatic rings. The van der Waals surface area contributed by atoms with E-state index in [2.05, 4.69) is 4.98 Å². The normalized spacial score (nSPS) is 11.4. The number of nitrogens with one attached hydrogen (secondary N) is 1. The van der Waals surface area contributed by atoms with Crippen molar-refractivity contribution in [2.45, 2.75) is 0 Å². The van der Waals surface area contributed by atoms with E-state index in [-0.39, 0.29) is 11.7 Å². The van der Waals surface area contributed by atoms with Gasteiger partial charge >= 0.3 is 0 Å². The van der Waals surface area contributed by atoms with Crippen molar-refractivity contribution >= 4 is 55.5 Å². The first kappa shape index (κ1) is 17.3. The van der Waals surface area contributed by atoms with Crippen LogP contribution < -0.4 is 9.80 Å². The van der Waals surface area contributed by atoms with Crippen LogP contribution in [-0.2, 0) is 0 Å². The number of carbonyl (C=O) groups is 1. The van der Waals surface area contributed by atoms with Gasteiger partial charge in [0.15, 0.2) is 5.13 Å². The van der Waals surface area contributed by atoms with Gasteiger partial charge in [-0.05, 0) is 24.3 Å². The third-order valence-electron chi connectivity index (χ3n) is 3.45. The number of quaternary nitrogens is 1. The van der Waals surface area contributed by atoms with Crippen molar-refractivity contribution in [2.75, 3.05) is 32.1 Å². The molecule has 1 aromatic carbocycles. The fourth-order valence-electron chi connectivity index (χ4n) is 2.20. The molecular weight excluding hydrogens is 369 g/mol. The number of thiazole rings is 1. The van der Waals surface area contributed by atoms with Crippen molar-refractivity contribution in [3.8, 4) is 0 Å². The number of amides is 1. The first-order valence-corrected chi connectivity index (χ1v) is 9.38. The van der Waals surface area contributed by atoms with Crippen LogP contribution in [0.3, 0.4) is 0 Å². The molecule has 0 saturated carbocycles. The number of rotatable bonds is 5. The Bertz CT molecular complexity index is 877. The van der Waals surface area contributed by atoms with Crippen LogP contribution in [0.5, 0.6) is 0 Å². The summed E-state index contributed by atoms with van der Waals surface area (Å²) in [4.78, 5) is 20.6. The summed E-state index contributed by atoms with van der Waals surface area (Å²) in [7, 11) is 4.03. The van der Waals surface area contributed by atoms with Gasteiger partial charge in [0.2, 0.25) is 0 Å².